The molecule has 1 aromatic rings. The highest BCUT2D eigenvalue weighted by Gasteiger charge is 2.40. The maximum atomic E-state index is 13.0. The van der Waals surface area contributed by atoms with Crippen LogP contribution in [-0.2, 0) is 20.7 Å². The largest absolute Gasteiger partial charge is 0.379 e. The summed E-state index contributed by atoms with van der Waals surface area (Å²) in [5, 5.41) is 6.37. The zero-order valence-corrected chi connectivity index (χ0v) is 16.9. The van der Waals surface area contributed by atoms with Crippen molar-refractivity contribution in [1.29, 1.82) is 0 Å². The molecule has 0 radical (unpaired) electrons. The number of hydrogen-bond acceptors (Lipinski definition) is 5. The number of carbonyl (C=O) groups is 2. The van der Waals surface area contributed by atoms with E-state index in [2.05, 4.69) is 44.5 Å². The number of ether oxygens (including phenoxy) is 1. The molecule has 3 unspecified atom stereocenters. The molecule has 2 fully saturated rings. The highest BCUT2D eigenvalue weighted by molar-refractivity contribution is 9.10. The summed E-state index contributed by atoms with van der Waals surface area (Å²) in [5.74, 6) is -0.0584. The van der Waals surface area contributed by atoms with Gasteiger partial charge in [-0.25, -0.2) is 0 Å². The minimum atomic E-state index is -0.383. The Kier molecular flexibility index (Phi) is 5.50. The molecule has 146 valence electrons. The summed E-state index contributed by atoms with van der Waals surface area (Å²) in [6.45, 7) is 4.92. The maximum absolute atomic E-state index is 13.0. The van der Waals surface area contributed by atoms with Crippen LogP contribution in [0.15, 0.2) is 24.3 Å². The number of rotatable bonds is 3. The lowest BCUT2D eigenvalue weighted by atomic mass is 10.1. The van der Waals surface area contributed by atoms with Crippen LogP contribution in [-0.4, -0.2) is 66.2 Å². The molecule has 3 aliphatic heterocycles. The van der Waals surface area contributed by atoms with Gasteiger partial charge in [0.25, 0.3) is 0 Å². The number of fused-ring (bicyclic) bond motifs is 1. The summed E-state index contributed by atoms with van der Waals surface area (Å²) in [4.78, 5) is 29.2. The number of benzene rings is 1. The molecule has 27 heavy (non-hydrogen) atoms. The highest BCUT2D eigenvalue weighted by atomic mass is 79.9. The van der Waals surface area contributed by atoms with Crippen molar-refractivity contribution in [3.05, 3.63) is 29.8 Å². The van der Waals surface area contributed by atoms with E-state index in [4.69, 9.17) is 4.74 Å². The molecule has 3 heterocycles. The number of para-hydroxylation sites is 1. The van der Waals surface area contributed by atoms with E-state index in [1.165, 1.54) is 5.56 Å². The molecule has 0 bridgehead atoms. The Hall–Kier alpha value is -1.48. The zero-order chi connectivity index (χ0) is 19.0. The van der Waals surface area contributed by atoms with Crippen LogP contribution in [0.25, 0.3) is 0 Å². The zero-order valence-electron chi connectivity index (χ0n) is 15.4. The third-order valence-corrected chi connectivity index (χ3v) is 6.43. The minimum absolute atomic E-state index is 0.0269. The van der Waals surface area contributed by atoms with Gasteiger partial charge in [-0.2, -0.15) is 0 Å². The van der Waals surface area contributed by atoms with Gasteiger partial charge in [-0.05, 0) is 25.0 Å². The number of carbonyl (C=O) groups excluding carboxylic acids is 2. The molecule has 7 nitrogen and oxygen atoms in total. The quantitative estimate of drug-likeness (QED) is 0.686. The second-order valence-electron chi connectivity index (χ2n) is 7.37. The van der Waals surface area contributed by atoms with Gasteiger partial charge in [-0.1, -0.05) is 34.1 Å². The summed E-state index contributed by atoms with van der Waals surface area (Å²) >= 11 is 3.49. The van der Waals surface area contributed by atoms with Gasteiger partial charge in [-0.3, -0.25) is 19.8 Å². The number of nitrogens with one attached hydrogen (secondary N) is 2. The van der Waals surface area contributed by atoms with Crippen LogP contribution in [0.3, 0.4) is 0 Å². The molecule has 0 spiro atoms. The van der Waals surface area contributed by atoms with Gasteiger partial charge < -0.3 is 15.0 Å². The Balaban J connectivity index is 1.45. The molecular formula is C19H25BrN4O3. The Labute approximate surface area is 167 Å². The number of nitrogens with zero attached hydrogens (tertiary/aromatic N) is 2. The van der Waals surface area contributed by atoms with Gasteiger partial charge in [-0.15, -0.1) is 0 Å². The van der Waals surface area contributed by atoms with E-state index in [-0.39, 0.29) is 41.4 Å². The van der Waals surface area contributed by atoms with Crippen LogP contribution >= 0.6 is 15.9 Å². The molecule has 2 saturated heterocycles. The normalized spacial score (nSPS) is 31.5. The Morgan fingerprint density at radius 3 is 2.81 bits per heavy atom. The third kappa shape index (κ3) is 3.76. The lowest BCUT2D eigenvalue weighted by Crippen LogP contribution is -2.69. The van der Waals surface area contributed by atoms with Gasteiger partial charge >= 0.3 is 0 Å². The van der Waals surface area contributed by atoms with E-state index in [1.807, 2.05) is 23.1 Å². The lowest BCUT2D eigenvalue weighted by Gasteiger charge is -2.42. The first-order valence-electron chi connectivity index (χ1n) is 9.47. The van der Waals surface area contributed by atoms with Crippen LogP contribution in [0.5, 0.6) is 0 Å². The number of halogens is 1. The summed E-state index contributed by atoms with van der Waals surface area (Å²) in [7, 11) is 0. The van der Waals surface area contributed by atoms with Crippen molar-refractivity contribution in [3.8, 4) is 0 Å². The summed E-state index contributed by atoms with van der Waals surface area (Å²) in [5.41, 5.74) is 2.19. The van der Waals surface area contributed by atoms with Gasteiger partial charge in [0.2, 0.25) is 11.8 Å². The Bertz CT molecular complexity index is 725. The number of amides is 2. The standard InChI is InChI=1S/C19H25BrN4O3/c1-12-10-13-4-2-3-5-14(13)24(12)16(25)11-15-21-18(17(20)19(26)22-15)23-6-8-27-9-7-23/h2-5,12,15,17-18,21H,6-11H2,1H3,(H,22,26)/t12-,15?,17?,18?/m0/s1. The number of hydrogen-bond donors (Lipinski definition) is 2. The average molecular weight is 437 g/mol. The van der Waals surface area contributed by atoms with E-state index >= 15 is 0 Å². The van der Waals surface area contributed by atoms with Crippen molar-refractivity contribution in [2.45, 2.75) is 43.0 Å². The molecule has 0 saturated carbocycles. The second kappa shape index (κ2) is 7.87. The molecule has 8 heteroatoms. The van der Waals surface area contributed by atoms with Gasteiger partial charge in [0, 0.05) is 24.8 Å². The SMILES string of the molecule is C[C@H]1Cc2ccccc2N1C(=O)CC1NC(=O)C(Br)C(N2CCOCC2)N1. The number of anilines is 1. The van der Waals surface area contributed by atoms with Crippen molar-refractivity contribution in [3.63, 3.8) is 0 Å². The monoisotopic (exact) mass is 436 g/mol. The summed E-state index contributed by atoms with van der Waals surface area (Å²) < 4.78 is 5.41. The van der Waals surface area contributed by atoms with Crippen molar-refractivity contribution in [1.82, 2.24) is 15.5 Å². The van der Waals surface area contributed by atoms with Crippen LogP contribution < -0.4 is 15.5 Å². The van der Waals surface area contributed by atoms with E-state index in [0.717, 1.165) is 25.2 Å². The van der Waals surface area contributed by atoms with E-state index < -0.39 is 0 Å². The van der Waals surface area contributed by atoms with Crippen molar-refractivity contribution >= 4 is 33.4 Å². The Morgan fingerprint density at radius 1 is 1.30 bits per heavy atom. The molecule has 4 rings (SSSR count). The van der Waals surface area contributed by atoms with Crippen molar-refractivity contribution in [2.75, 3.05) is 31.2 Å². The first-order chi connectivity index (χ1) is 13.0. The topological polar surface area (TPSA) is 73.9 Å². The molecule has 0 aromatic heterocycles. The van der Waals surface area contributed by atoms with Crippen molar-refractivity contribution < 1.29 is 14.3 Å². The third-order valence-electron chi connectivity index (χ3n) is 5.51. The molecule has 4 atom stereocenters. The van der Waals surface area contributed by atoms with Crippen LogP contribution in [0.4, 0.5) is 5.69 Å². The Morgan fingerprint density at radius 2 is 2.04 bits per heavy atom. The molecule has 2 N–H and O–H groups in total. The first kappa shape index (κ1) is 18.9. The van der Waals surface area contributed by atoms with Crippen LogP contribution in [0.2, 0.25) is 0 Å². The van der Waals surface area contributed by atoms with Gasteiger partial charge in [0.15, 0.2) is 0 Å². The lowest BCUT2D eigenvalue weighted by molar-refractivity contribution is -0.127. The predicted octanol–water partition coefficient (Wildman–Crippen LogP) is 0.822. The minimum Gasteiger partial charge on any atom is -0.379 e. The fraction of sp³-hybridized carbons (Fsp3) is 0.579. The van der Waals surface area contributed by atoms with Gasteiger partial charge in [0.05, 0.1) is 32.0 Å². The average Bonchev–Trinajstić information content (AvgIpc) is 3.01. The first-order valence-corrected chi connectivity index (χ1v) is 10.4. The smallest absolute Gasteiger partial charge is 0.238 e. The van der Waals surface area contributed by atoms with Crippen LogP contribution in [0, 0.1) is 0 Å². The second-order valence-corrected chi connectivity index (χ2v) is 8.36. The summed E-state index contributed by atoms with van der Waals surface area (Å²) in [6.07, 6.45) is 0.562. The fourth-order valence-corrected chi connectivity index (χ4v) is 4.82. The van der Waals surface area contributed by atoms with Gasteiger partial charge in [0.1, 0.15) is 4.83 Å². The predicted molar refractivity (Wildman–Crippen MR) is 106 cm³/mol. The molecule has 1 aromatic carbocycles. The summed E-state index contributed by atoms with van der Waals surface area (Å²) in [6, 6.07) is 8.17. The number of alkyl halides is 1. The van der Waals surface area contributed by atoms with Crippen LogP contribution in [0.1, 0.15) is 18.9 Å². The van der Waals surface area contributed by atoms with E-state index in [9.17, 15) is 9.59 Å². The number of morpholine rings is 1. The maximum Gasteiger partial charge on any atom is 0.238 e. The van der Waals surface area contributed by atoms with Crippen molar-refractivity contribution in [2.24, 2.45) is 0 Å². The van der Waals surface area contributed by atoms with E-state index in [0.29, 0.717) is 13.2 Å². The fourth-order valence-electron chi connectivity index (χ4n) is 4.20. The highest BCUT2D eigenvalue weighted by Crippen LogP contribution is 2.32. The molecular weight excluding hydrogens is 412 g/mol. The molecule has 2 amide bonds. The molecule has 3 aliphatic rings. The van der Waals surface area contributed by atoms with E-state index in [1.54, 1.807) is 0 Å². The molecule has 0 aliphatic carbocycles.